The smallest absolute Gasteiger partial charge is 0.261 e. The zero-order valence-corrected chi connectivity index (χ0v) is 16.3. The summed E-state index contributed by atoms with van der Waals surface area (Å²) in [6, 6.07) is 16.0. The lowest BCUT2D eigenvalue weighted by Crippen LogP contribution is -2.17. The molecule has 0 spiro atoms. The van der Waals surface area contributed by atoms with E-state index >= 15 is 0 Å². The van der Waals surface area contributed by atoms with Crippen molar-refractivity contribution in [3.8, 4) is 0 Å². The Morgan fingerprint density at radius 1 is 1.00 bits per heavy atom. The molecule has 3 aromatic carbocycles. The molecular formula is C20H16ClFN2O3S. The summed E-state index contributed by atoms with van der Waals surface area (Å²) in [5.74, 6) is -1.11. The zero-order valence-electron chi connectivity index (χ0n) is 14.7. The zero-order chi connectivity index (χ0) is 20.3. The van der Waals surface area contributed by atoms with Crippen LogP contribution in [0.5, 0.6) is 0 Å². The second-order valence-electron chi connectivity index (χ2n) is 6.03. The fourth-order valence-corrected chi connectivity index (χ4v) is 3.79. The Kier molecular flexibility index (Phi) is 5.67. The highest BCUT2D eigenvalue weighted by molar-refractivity contribution is 7.92. The SMILES string of the molecule is Cc1ccccc1NC(=O)c1cc(S(=O)(=O)Nc2cccc(F)c2)ccc1Cl. The molecular weight excluding hydrogens is 403 g/mol. The number of halogens is 2. The van der Waals surface area contributed by atoms with Gasteiger partial charge in [0.05, 0.1) is 21.2 Å². The van der Waals surface area contributed by atoms with E-state index in [2.05, 4.69) is 10.0 Å². The lowest BCUT2D eigenvalue weighted by atomic mass is 10.1. The minimum absolute atomic E-state index is 0.00652. The van der Waals surface area contributed by atoms with Crippen molar-refractivity contribution in [2.45, 2.75) is 11.8 Å². The predicted molar refractivity (Wildman–Crippen MR) is 108 cm³/mol. The van der Waals surface area contributed by atoms with Gasteiger partial charge in [-0.1, -0.05) is 35.9 Å². The van der Waals surface area contributed by atoms with Gasteiger partial charge in [-0.25, -0.2) is 12.8 Å². The molecule has 28 heavy (non-hydrogen) atoms. The molecule has 0 fully saturated rings. The summed E-state index contributed by atoms with van der Waals surface area (Å²) in [7, 11) is -4.04. The van der Waals surface area contributed by atoms with Crippen molar-refractivity contribution >= 4 is 38.9 Å². The van der Waals surface area contributed by atoms with E-state index in [9.17, 15) is 17.6 Å². The summed E-state index contributed by atoms with van der Waals surface area (Å²) in [5.41, 5.74) is 1.52. The number of aryl methyl sites for hydroxylation is 1. The van der Waals surface area contributed by atoms with Crippen LogP contribution in [0, 0.1) is 12.7 Å². The van der Waals surface area contributed by atoms with Crippen LogP contribution < -0.4 is 10.0 Å². The normalized spacial score (nSPS) is 11.1. The number of anilines is 2. The lowest BCUT2D eigenvalue weighted by Gasteiger charge is -2.12. The van der Waals surface area contributed by atoms with Gasteiger partial charge in [-0.05, 0) is 55.0 Å². The Hall–Kier alpha value is -2.90. The van der Waals surface area contributed by atoms with Crippen LogP contribution in [0.25, 0.3) is 0 Å². The standard InChI is InChI=1S/C20H16ClFN2O3S/c1-13-5-2-3-8-19(13)23-20(25)17-12-16(9-10-18(17)21)28(26,27)24-15-7-4-6-14(22)11-15/h2-12,24H,1H3,(H,23,25). The number of amides is 1. The molecule has 0 aliphatic heterocycles. The Bertz CT molecular complexity index is 1150. The van der Waals surface area contributed by atoms with Gasteiger partial charge in [0.25, 0.3) is 15.9 Å². The van der Waals surface area contributed by atoms with E-state index in [0.717, 1.165) is 11.6 Å². The molecule has 144 valence electrons. The third-order valence-electron chi connectivity index (χ3n) is 3.96. The van der Waals surface area contributed by atoms with Crippen LogP contribution >= 0.6 is 11.6 Å². The van der Waals surface area contributed by atoms with Crippen LogP contribution in [0.2, 0.25) is 5.02 Å². The van der Waals surface area contributed by atoms with Crippen molar-refractivity contribution in [1.29, 1.82) is 0 Å². The Labute approximate surface area is 167 Å². The molecule has 5 nitrogen and oxygen atoms in total. The molecule has 0 heterocycles. The third-order valence-corrected chi connectivity index (χ3v) is 5.67. The predicted octanol–water partition coefficient (Wildman–Crippen LogP) is 4.84. The van der Waals surface area contributed by atoms with Crippen molar-refractivity contribution in [3.05, 3.63) is 88.7 Å². The fourth-order valence-electron chi connectivity index (χ4n) is 2.51. The van der Waals surface area contributed by atoms with Gasteiger partial charge >= 0.3 is 0 Å². The van der Waals surface area contributed by atoms with E-state index in [1.54, 1.807) is 12.1 Å². The lowest BCUT2D eigenvalue weighted by molar-refractivity contribution is 0.102. The highest BCUT2D eigenvalue weighted by atomic mass is 35.5. The van der Waals surface area contributed by atoms with Crippen LogP contribution in [0.4, 0.5) is 15.8 Å². The van der Waals surface area contributed by atoms with E-state index in [1.807, 2.05) is 19.1 Å². The second kappa shape index (κ2) is 8.00. The molecule has 0 bridgehead atoms. The first kappa shape index (κ1) is 19.9. The number of nitrogens with one attached hydrogen (secondary N) is 2. The van der Waals surface area contributed by atoms with Crippen molar-refractivity contribution in [3.63, 3.8) is 0 Å². The summed E-state index contributed by atoms with van der Waals surface area (Å²) in [6.07, 6.45) is 0. The molecule has 8 heteroatoms. The number of hydrogen-bond acceptors (Lipinski definition) is 3. The molecule has 3 rings (SSSR count). The fraction of sp³-hybridized carbons (Fsp3) is 0.0500. The summed E-state index contributed by atoms with van der Waals surface area (Å²) in [4.78, 5) is 12.4. The number of rotatable bonds is 5. The van der Waals surface area contributed by atoms with E-state index < -0.39 is 21.7 Å². The molecule has 0 aliphatic carbocycles. The summed E-state index contributed by atoms with van der Waals surface area (Å²) >= 11 is 6.10. The Morgan fingerprint density at radius 2 is 1.75 bits per heavy atom. The topological polar surface area (TPSA) is 75.3 Å². The quantitative estimate of drug-likeness (QED) is 0.622. The van der Waals surface area contributed by atoms with Gasteiger partial charge in [0, 0.05) is 5.69 Å². The maximum Gasteiger partial charge on any atom is 0.261 e. The number of benzene rings is 3. The minimum atomic E-state index is -4.04. The summed E-state index contributed by atoms with van der Waals surface area (Å²) in [6.45, 7) is 1.83. The molecule has 2 N–H and O–H groups in total. The first-order chi connectivity index (χ1) is 13.3. The van der Waals surface area contributed by atoms with Crippen LogP contribution in [0.15, 0.2) is 71.6 Å². The molecule has 0 aromatic heterocycles. The largest absolute Gasteiger partial charge is 0.322 e. The molecule has 0 aliphatic rings. The first-order valence-corrected chi connectivity index (χ1v) is 10.1. The molecule has 3 aromatic rings. The maximum absolute atomic E-state index is 13.3. The van der Waals surface area contributed by atoms with Crippen LogP contribution in [0.1, 0.15) is 15.9 Å². The van der Waals surface area contributed by atoms with Gasteiger partial charge < -0.3 is 5.32 Å². The van der Waals surface area contributed by atoms with Crippen molar-refractivity contribution < 1.29 is 17.6 Å². The molecule has 1 amide bonds. The second-order valence-corrected chi connectivity index (χ2v) is 8.12. The van der Waals surface area contributed by atoms with Gasteiger partial charge in [-0.2, -0.15) is 0 Å². The van der Waals surface area contributed by atoms with Gasteiger partial charge in [0.2, 0.25) is 0 Å². The van der Waals surface area contributed by atoms with E-state index in [1.165, 1.54) is 36.4 Å². The summed E-state index contributed by atoms with van der Waals surface area (Å²) < 4.78 is 40.8. The van der Waals surface area contributed by atoms with E-state index in [4.69, 9.17) is 11.6 Å². The summed E-state index contributed by atoms with van der Waals surface area (Å²) in [5, 5.41) is 2.82. The minimum Gasteiger partial charge on any atom is -0.322 e. The Morgan fingerprint density at radius 3 is 2.46 bits per heavy atom. The van der Waals surface area contributed by atoms with Crippen LogP contribution in [-0.4, -0.2) is 14.3 Å². The number of carbonyl (C=O) groups is 1. The monoisotopic (exact) mass is 418 g/mol. The molecule has 0 saturated heterocycles. The van der Waals surface area contributed by atoms with Crippen LogP contribution in [0.3, 0.4) is 0 Å². The van der Waals surface area contributed by atoms with Crippen molar-refractivity contribution in [2.24, 2.45) is 0 Å². The highest BCUT2D eigenvalue weighted by Crippen LogP contribution is 2.24. The third kappa shape index (κ3) is 4.49. The highest BCUT2D eigenvalue weighted by Gasteiger charge is 2.19. The number of para-hydroxylation sites is 1. The number of carbonyl (C=O) groups excluding carboxylic acids is 1. The first-order valence-electron chi connectivity index (χ1n) is 8.21. The molecule has 0 saturated carbocycles. The molecule has 0 unspecified atom stereocenters. The number of sulfonamides is 1. The van der Waals surface area contributed by atoms with Gasteiger partial charge in [-0.15, -0.1) is 0 Å². The molecule has 0 radical (unpaired) electrons. The van der Waals surface area contributed by atoms with E-state index in [0.29, 0.717) is 5.69 Å². The van der Waals surface area contributed by atoms with Crippen molar-refractivity contribution in [1.82, 2.24) is 0 Å². The van der Waals surface area contributed by atoms with Gasteiger partial charge in [0.1, 0.15) is 5.82 Å². The maximum atomic E-state index is 13.3. The van der Waals surface area contributed by atoms with E-state index in [-0.39, 0.29) is 21.2 Å². The average Bonchev–Trinajstić information content (AvgIpc) is 2.63. The average molecular weight is 419 g/mol. The Balaban J connectivity index is 1.90. The number of hydrogen-bond donors (Lipinski definition) is 2. The van der Waals surface area contributed by atoms with Crippen LogP contribution in [-0.2, 0) is 10.0 Å². The van der Waals surface area contributed by atoms with Gasteiger partial charge in [0.15, 0.2) is 0 Å². The van der Waals surface area contributed by atoms with Gasteiger partial charge in [-0.3, -0.25) is 9.52 Å². The van der Waals surface area contributed by atoms with Crippen molar-refractivity contribution in [2.75, 3.05) is 10.0 Å². The molecule has 0 atom stereocenters.